The molecule has 1 atom stereocenters. The predicted octanol–water partition coefficient (Wildman–Crippen LogP) is 0.948. The van der Waals surface area contributed by atoms with Crippen molar-refractivity contribution in [1.29, 1.82) is 0 Å². The molecule has 0 aliphatic rings. The zero-order valence-electron chi connectivity index (χ0n) is 8.57. The molecule has 5 heteroatoms. The molecule has 0 aromatic heterocycles. The molecule has 0 aliphatic heterocycles. The van der Waals surface area contributed by atoms with E-state index in [-0.39, 0.29) is 0 Å². The average Bonchev–Trinajstić information content (AvgIpc) is 2.16. The van der Waals surface area contributed by atoms with Gasteiger partial charge in [-0.3, -0.25) is 4.79 Å². The number of thioether (sulfide) groups is 1. The Morgan fingerprint density at radius 1 is 1.57 bits per heavy atom. The summed E-state index contributed by atoms with van der Waals surface area (Å²) < 4.78 is 5.31. The first kappa shape index (κ1) is 13.7. The Hall–Kier alpha value is -0.260. The van der Waals surface area contributed by atoms with Crippen LogP contribution in [0.15, 0.2) is 0 Å². The van der Waals surface area contributed by atoms with Crippen molar-refractivity contribution in [2.75, 3.05) is 24.7 Å². The Kier molecular flexibility index (Phi) is 9.13. The van der Waals surface area contributed by atoms with Gasteiger partial charge in [0, 0.05) is 18.1 Å². The summed E-state index contributed by atoms with van der Waals surface area (Å²) in [5, 5.41) is 8.49. The molecule has 4 nitrogen and oxygen atoms in total. The maximum atomic E-state index is 10.3. The van der Waals surface area contributed by atoms with Gasteiger partial charge >= 0.3 is 5.97 Å². The molecule has 0 rings (SSSR count). The zero-order valence-corrected chi connectivity index (χ0v) is 9.39. The largest absolute Gasteiger partial charge is 0.480 e. The minimum atomic E-state index is -0.940. The van der Waals surface area contributed by atoms with Crippen LogP contribution in [0.5, 0.6) is 0 Å². The van der Waals surface area contributed by atoms with Gasteiger partial charge in [0.2, 0.25) is 0 Å². The van der Waals surface area contributed by atoms with Crippen molar-refractivity contribution in [2.45, 2.75) is 25.8 Å². The highest BCUT2D eigenvalue weighted by molar-refractivity contribution is 7.99. The molecule has 0 amide bonds. The van der Waals surface area contributed by atoms with Crippen LogP contribution in [-0.2, 0) is 9.53 Å². The van der Waals surface area contributed by atoms with Gasteiger partial charge in [-0.05, 0) is 6.42 Å². The molecule has 0 radical (unpaired) electrons. The molecule has 0 saturated carbocycles. The fourth-order valence-electron chi connectivity index (χ4n) is 0.748. The van der Waals surface area contributed by atoms with Gasteiger partial charge in [-0.15, -0.1) is 0 Å². The third-order valence-corrected chi connectivity index (χ3v) is 2.68. The van der Waals surface area contributed by atoms with Crippen molar-refractivity contribution in [3.8, 4) is 0 Å². The lowest BCUT2D eigenvalue weighted by Crippen LogP contribution is -2.32. The highest BCUT2D eigenvalue weighted by Gasteiger charge is 2.10. The third-order valence-electron chi connectivity index (χ3n) is 1.63. The maximum Gasteiger partial charge on any atom is 0.321 e. The fraction of sp³-hybridized carbons (Fsp3) is 0.889. The zero-order chi connectivity index (χ0) is 10.8. The van der Waals surface area contributed by atoms with Crippen molar-refractivity contribution in [3.05, 3.63) is 0 Å². The Bertz CT molecular complexity index is 155. The highest BCUT2D eigenvalue weighted by atomic mass is 32.2. The number of carboxylic acids is 1. The SMILES string of the molecule is CCCCOCCSC[C@H](N)C(=O)O. The summed E-state index contributed by atoms with van der Waals surface area (Å²) in [4.78, 5) is 10.3. The second-order valence-corrected chi connectivity index (χ2v) is 4.14. The predicted molar refractivity (Wildman–Crippen MR) is 58.7 cm³/mol. The minimum absolute atomic E-state index is 0.451. The summed E-state index contributed by atoms with van der Waals surface area (Å²) >= 11 is 1.52. The lowest BCUT2D eigenvalue weighted by atomic mass is 10.4. The molecule has 84 valence electrons. The molecule has 0 heterocycles. The van der Waals surface area contributed by atoms with Crippen LogP contribution in [0.1, 0.15) is 19.8 Å². The second kappa shape index (κ2) is 9.30. The summed E-state index contributed by atoms with van der Waals surface area (Å²) in [7, 11) is 0. The number of nitrogens with two attached hydrogens (primary N) is 1. The first-order valence-electron chi connectivity index (χ1n) is 4.82. The van der Waals surface area contributed by atoms with Crippen LogP contribution >= 0.6 is 11.8 Å². The smallest absolute Gasteiger partial charge is 0.321 e. The first-order chi connectivity index (χ1) is 6.68. The summed E-state index contributed by atoms with van der Waals surface area (Å²) in [6, 6.07) is -0.754. The molecule has 3 N–H and O–H groups in total. The average molecular weight is 221 g/mol. The fourth-order valence-corrected chi connectivity index (χ4v) is 1.55. The number of ether oxygens (including phenoxy) is 1. The quantitative estimate of drug-likeness (QED) is 0.567. The van der Waals surface area contributed by atoms with Crippen LogP contribution in [0.25, 0.3) is 0 Å². The summed E-state index contributed by atoms with van der Waals surface area (Å²) in [6.45, 7) is 3.59. The molecule has 0 aromatic carbocycles. The first-order valence-corrected chi connectivity index (χ1v) is 5.97. The van der Waals surface area contributed by atoms with Crippen molar-refractivity contribution >= 4 is 17.7 Å². The highest BCUT2D eigenvalue weighted by Crippen LogP contribution is 2.02. The molecule has 0 spiro atoms. The topological polar surface area (TPSA) is 72.5 Å². The second-order valence-electron chi connectivity index (χ2n) is 2.99. The van der Waals surface area contributed by atoms with Gasteiger partial charge in [0.05, 0.1) is 6.61 Å². The van der Waals surface area contributed by atoms with E-state index < -0.39 is 12.0 Å². The van der Waals surface area contributed by atoms with Gasteiger partial charge in [0.15, 0.2) is 0 Å². The third kappa shape index (κ3) is 8.34. The number of hydrogen-bond acceptors (Lipinski definition) is 4. The van der Waals surface area contributed by atoms with E-state index in [0.29, 0.717) is 12.4 Å². The van der Waals surface area contributed by atoms with Gasteiger partial charge in [0.1, 0.15) is 6.04 Å². The molecule has 0 unspecified atom stereocenters. The maximum absolute atomic E-state index is 10.3. The van der Waals surface area contributed by atoms with Crippen LogP contribution < -0.4 is 5.73 Å². The van der Waals surface area contributed by atoms with Gasteiger partial charge in [-0.1, -0.05) is 13.3 Å². The van der Waals surface area contributed by atoms with Gasteiger partial charge in [-0.2, -0.15) is 11.8 Å². The number of rotatable bonds is 9. The van der Waals surface area contributed by atoms with E-state index in [4.69, 9.17) is 15.6 Å². The van der Waals surface area contributed by atoms with Crippen molar-refractivity contribution in [2.24, 2.45) is 5.73 Å². The van der Waals surface area contributed by atoms with Crippen molar-refractivity contribution < 1.29 is 14.6 Å². The van der Waals surface area contributed by atoms with E-state index in [1.165, 1.54) is 11.8 Å². The molecule has 14 heavy (non-hydrogen) atoms. The lowest BCUT2D eigenvalue weighted by Gasteiger charge is -2.06. The molecule has 0 aromatic rings. The van der Waals surface area contributed by atoms with Gasteiger partial charge in [-0.25, -0.2) is 0 Å². The van der Waals surface area contributed by atoms with E-state index in [1.807, 2.05) is 0 Å². The summed E-state index contributed by atoms with van der Waals surface area (Å²) in [5.74, 6) is 0.321. The molecular formula is C9H19NO3S. The van der Waals surface area contributed by atoms with Crippen LogP contribution in [0.3, 0.4) is 0 Å². The van der Waals surface area contributed by atoms with E-state index in [2.05, 4.69) is 6.92 Å². The molecule has 0 fully saturated rings. The Morgan fingerprint density at radius 3 is 2.86 bits per heavy atom. The molecule has 0 aliphatic carbocycles. The number of carboxylic acid groups (broad SMARTS) is 1. The van der Waals surface area contributed by atoms with E-state index in [1.54, 1.807) is 0 Å². The molecular weight excluding hydrogens is 202 g/mol. The van der Waals surface area contributed by atoms with E-state index in [9.17, 15) is 4.79 Å². The number of aliphatic carboxylic acids is 1. The number of unbranched alkanes of at least 4 members (excludes halogenated alkanes) is 1. The Balaban J connectivity index is 3.09. The summed E-state index contributed by atoms with van der Waals surface area (Å²) in [5.41, 5.74) is 5.32. The van der Waals surface area contributed by atoms with E-state index >= 15 is 0 Å². The minimum Gasteiger partial charge on any atom is -0.480 e. The summed E-state index contributed by atoms with van der Waals surface area (Å²) in [6.07, 6.45) is 2.22. The lowest BCUT2D eigenvalue weighted by molar-refractivity contribution is -0.137. The van der Waals surface area contributed by atoms with Crippen LogP contribution in [0.4, 0.5) is 0 Å². The van der Waals surface area contributed by atoms with Gasteiger partial charge in [0.25, 0.3) is 0 Å². The monoisotopic (exact) mass is 221 g/mol. The number of carbonyl (C=O) groups is 1. The van der Waals surface area contributed by atoms with Gasteiger partial charge < -0.3 is 15.6 Å². The molecule has 0 bridgehead atoms. The van der Waals surface area contributed by atoms with Crippen LogP contribution in [-0.4, -0.2) is 41.8 Å². The Labute approximate surface area is 89.2 Å². The number of hydrogen-bond donors (Lipinski definition) is 2. The van der Waals surface area contributed by atoms with E-state index in [0.717, 1.165) is 25.2 Å². The van der Waals surface area contributed by atoms with Crippen LogP contribution in [0.2, 0.25) is 0 Å². The standard InChI is InChI=1S/C9H19NO3S/c1-2-3-4-13-5-6-14-7-8(10)9(11)12/h8H,2-7,10H2,1H3,(H,11,12)/t8-/m0/s1. The van der Waals surface area contributed by atoms with Crippen LogP contribution in [0, 0.1) is 0 Å². The molecule has 0 saturated heterocycles. The Morgan fingerprint density at radius 2 is 2.29 bits per heavy atom. The normalized spacial score (nSPS) is 12.7. The van der Waals surface area contributed by atoms with Crippen molar-refractivity contribution in [3.63, 3.8) is 0 Å². The van der Waals surface area contributed by atoms with Crippen molar-refractivity contribution in [1.82, 2.24) is 0 Å².